The van der Waals surface area contributed by atoms with Crippen LogP contribution in [0.15, 0.2) is 65.5 Å². The number of carbonyl (C=O) groups excluding carboxylic acids is 1. The summed E-state index contributed by atoms with van der Waals surface area (Å²) in [5.74, 6) is -0.338. The molecule has 0 aliphatic rings. The molecule has 0 spiro atoms. The van der Waals surface area contributed by atoms with Gasteiger partial charge in [-0.1, -0.05) is 44.2 Å². The van der Waals surface area contributed by atoms with Crippen molar-refractivity contribution in [1.82, 2.24) is 15.0 Å². The molecule has 2 aromatic heterocycles. The highest BCUT2D eigenvalue weighted by Crippen LogP contribution is 2.32. The van der Waals surface area contributed by atoms with Crippen molar-refractivity contribution >= 4 is 28.7 Å². The zero-order chi connectivity index (χ0) is 24.5. The van der Waals surface area contributed by atoms with Crippen LogP contribution in [0.2, 0.25) is 0 Å². The van der Waals surface area contributed by atoms with Crippen LogP contribution < -0.4 is 11.0 Å². The van der Waals surface area contributed by atoms with Crippen molar-refractivity contribution in [2.24, 2.45) is 0 Å². The molecule has 0 saturated carbocycles. The largest absolute Gasteiger partial charge is 0.433 e. The lowest BCUT2D eigenvalue weighted by Gasteiger charge is -2.13. The number of carbonyl (C=O) groups is 1. The highest BCUT2D eigenvalue weighted by molar-refractivity contribution is 6.06. The lowest BCUT2D eigenvalue weighted by atomic mass is 9.97. The molecule has 0 aliphatic carbocycles. The standard InChI is InChI=1S/C25H21F3N4O2/c1-14(2)16-5-3-6-17(13-16)22-15(9-11-20(31-22)25(26,27)28)10-12-21(33)29-18-7-4-8-19-23(18)32-24(34)30-19/h3-14H,1-2H3,(H,29,33)(H2,30,32,34)/b12-10+. The summed E-state index contributed by atoms with van der Waals surface area (Å²) in [4.78, 5) is 33.2. The number of halogens is 3. The van der Waals surface area contributed by atoms with Crippen LogP contribution >= 0.6 is 0 Å². The highest BCUT2D eigenvalue weighted by atomic mass is 19.4. The van der Waals surface area contributed by atoms with Crippen LogP contribution in [0.25, 0.3) is 28.4 Å². The van der Waals surface area contributed by atoms with Gasteiger partial charge < -0.3 is 15.3 Å². The van der Waals surface area contributed by atoms with Crippen molar-refractivity contribution in [3.63, 3.8) is 0 Å². The molecule has 0 radical (unpaired) electrons. The van der Waals surface area contributed by atoms with Crippen LogP contribution in [-0.2, 0) is 11.0 Å². The van der Waals surface area contributed by atoms with Crippen molar-refractivity contribution in [1.29, 1.82) is 0 Å². The van der Waals surface area contributed by atoms with Crippen LogP contribution in [0.1, 0.15) is 36.6 Å². The van der Waals surface area contributed by atoms with Gasteiger partial charge in [0.1, 0.15) is 5.69 Å². The van der Waals surface area contributed by atoms with Crippen molar-refractivity contribution < 1.29 is 18.0 Å². The minimum Gasteiger partial charge on any atom is -0.321 e. The molecule has 34 heavy (non-hydrogen) atoms. The van der Waals surface area contributed by atoms with Gasteiger partial charge in [-0.25, -0.2) is 9.78 Å². The average Bonchev–Trinajstić information content (AvgIpc) is 3.18. The van der Waals surface area contributed by atoms with Gasteiger partial charge in [0.2, 0.25) is 5.91 Å². The van der Waals surface area contributed by atoms with E-state index in [1.807, 2.05) is 19.9 Å². The second-order valence-electron chi connectivity index (χ2n) is 8.04. The van der Waals surface area contributed by atoms with E-state index in [1.54, 1.807) is 36.4 Å². The number of alkyl halides is 3. The quantitative estimate of drug-likeness (QED) is 0.329. The number of H-pyrrole nitrogens is 2. The predicted molar refractivity (Wildman–Crippen MR) is 125 cm³/mol. The van der Waals surface area contributed by atoms with Crippen LogP contribution in [0.3, 0.4) is 0 Å². The number of nitrogens with one attached hydrogen (secondary N) is 3. The minimum atomic E-state index is -4.60. The van der Waals surface area contributed by atoms with Gasteiger partial charge in [-0.15, -0.1) is 0 Å². The predicted octanol–water partition coefficient (Wildman–Crippen LogP) is 5.71. The van der Waals surface area contributed by atoms with Crippen molar-refractivity contribution in [2.75, 3.05) is 5.32 Å². The summed E-state index contributed by atoms with van der Waals surface area (Å²) in [6, 6.07) is 14.3. The molecule has 0 atom stereocenters. The van der Waals surface area contributed by atoms with Crippen LogP contribution in [-0.4, -0.2) is 20.9 Å². The first-order valence-electron chi connectivity index (χ1n) is 10.5. The molecule has 0 saturated heterocycles. The number of fused-ring (bicyclic) bond motifs is 1. The number of anilines is 1. The van der Waals surface area contributed by atoms with Crippen LogP contribution in [0.4, 0.5) is 18.9 Å². The van der Waals surface area contributed by atoms with E-state index in [1.165, 1.54) is 18.2 Å². The zero-order valence-corrected chi connectivity index (χ0v) is 18.3. The number of amides is 1. The number of para-hydroxylation sites is 1. The number of pyridine rings is 1. The van der Waals surface area contributed by atoms with E-state index in [4.69, 9.17) is 0 Å². The maximum Gasteiger partial charge on any atom is 0.433 e. The Balaban J connectivity index is 1.68. The van der Waals surface area contributed by atoms with Crippen molar-refractivity contribution in [3.05, 3.63) is 88.0 Å². The molecule has 2 heterocycles. The van der Waals surface area contributed by atoms with E-state index in [0.29, 0.717) is 27.8 Å². The fourth-order valence-electron chi connectivity index (χ4n) is 3.54. The monoisotopic (exact) mass is 466 g/mol. The summed E-state index contributed by atoms with van der Waals surface area (Å²) < 4.78 is 40.0. The number of imidazole rings is 1. The number of hydrogen-bond acceptors (Lipinski definition) is 3. The number of benzene rings is 2. The maximum atomic E-state index is 13.3. The van der Waals surface area contributed by atoms with Gasteiger partial charge in [-0.05, 0) is 41.8 Å². The second kappa shape index (κ2) is 9.01. The normalized spacial score (nSPS) is 12.1. The third-order valence-electron chi connectivity index (χ3n) is 5.27. The summed E-state index contributed by atoms with van der Waals surface area (Å²) in [5.41, 5.74) is 1.91. The van der Waals surface area contributed by atoms with E-state index in [2.05, 4.69) is 20.3 Å². The molecule has 2 aromatic carbocycles. The Morgan fingerprint density at radius 3 is 2.56 bits per heavy atom. The number of aromatic amines is 2. The fraction of sp³-hybridized carbons (Fsp3) is 0.160. The Bertz CT molecular complexity index is 1450. The van der Waals surface area contributed by atoms with Gasteiger partial charge in [-0.2, -0.15) is 13.2 Å². The smallest absolute Gasteiger partial charge is 0.321 e. The summed E-state index contributed by atoms with van der Waals surface area (Å²) >= 11 is 0. The Morgan fingerprint density at radius 2 is 1.82 bits per heavy atom. The van der Waals surface area contributed by atoms with Crippen LogP contribution in [0.5, 0.6) is 0 Å². The molecule has 9 heteroatoms. The Hall–Kier alpha value is -4.14. The molecule has 4 rings (SSSR count). The molecule has 4 aromatic rings. The first kappa shape index (κ1) is 23.0. The third kappa shape index (κ3) is 4.93. The Kier molecular flexibility index (Phi) is 6.10. The van der Waals surface area contributed by atoms with Gasteiger partial charge in [-0.3, -0.25) is 4.79 Å². The number of hydrogen-bond donors (Lipinski definition) is 3. The highest BCUT2D eigenvalue weighted by Gasteiger charge is 2.33. The number of rotatable bonds is 5. The zero-order valence-electron chi connectivity index (χ0n) is 18.3. The molecule has 174 valence electrons. The molecular weight excluding hydrogens is 445 g/mol. The van der Waals surface area contributed by atoms with E-state index in [0.717, 1.165) is 11.6 Å². The van der Waals surface area contributed by atoms with E-state index >= 15 is 0 Å². The van der Waals surface area contributed by atoms with E-state index < -0.39 is 23.5 Å². The van der Waals surface area contributed by atoms with Gasteiger partial charge in [0.25, 0.3) is 0 Å². The lowest BCUT2D eigenvalue weighted by Crippen LogP contribution is -2.10. The van der Waals surface area contributed by atoms with Crippen molar-refractivity contribution in [2.45, 2.75) is 25.9 Å². The third-order valence-corrected chi connectivity index (χ3v) is 5.27. The van der Waals surface area contributed by atoms with Crippen LogP contribution in [0, 0.1) is 0 Å². The van der Waals surface area contributed by atoms with Gasteiger partial charge in [0.15, 0.2) is 0 Å². The van der Waals surface area contributed by atoms with E-state index in [-0.39, 0.29) is 11.6 Å². The SMILES string of the molecule is CC(C)c1cccc(-c2nc(C(F)(F)F)ccc2/C=C/C(=O)Nc2cccc3[nH]c(=O)[nH]c23)c1. The lowest BCUT2D eigenvalue weighted by molar-refractivity contribution is -0.141. The fourth-order valence-corrected chi connectivity index (χ4v) is 3.54. The molecule has 3 N–H and O–H groups in total. The summed E-state index contributed by atoms with van der Waals surface area (Å²) in [7, 11) is 0. The molecular formula is C25H21F3N4O2. The van der Waals surface area contributed by atoms with Gasteiger partial charge in [0, 0.05) is 17.2 Å². The molecule has 0 aliphatic heterocycles. The summed E-state index contributed by atoms with van der Waals surface area (Å²) in [6.07, 6.45) is -1.97. The molecule has 6 nitrogen and oxygen atoms in total. The molecule has 0 bridgehead atoms. The van der Waals surface area contributed by atoms with E-state index in [9.17, 15) is 22.8 Å². The Labute approximate surface area is 192 Å². The van der Waals surface area contributed by atoms with Gasteiger partial charge >= 0.3 is 11.9 Å². The first-order valence-corrected chi connectivity index (χ1v) is 10.5. The molecule has 0 fully saturated rings. The Morgan fingerprint density at radius 1 is 1.06 bits per heavy atom. The second-order valence-corrected chi connectivity index (χ2v) is 8.04. The van der Waals surface area contributed by atoms with Crippen molar-refractivity contribution in [3.8, 4) is 11.3 Å². The molecule has 0 unspecified atom stereocenters. The topological polar surface area (TPSA) is 90.6 Å². The minimum absolute atomic E-state index is 0.124. The molecule has 1 amide bonds. The summed E-state index contributed by atoms with van der Waals surface area (Å²) in [5, 5.41) is 2.67. The van der Waals surface area contributed by atoms with Gasteiger partial charge in [0.05, 0.1) is 22.4 Å². The number of aromatic nitrogens is 3. The summed E-state index contributed by atoms with van der Waals surface area (Å²) in [6.45, 7) is 3.98. The first-order chi connectivity index (χ1) is 16.1. The average molecular weight is 466 g/mol. The maximum absolute atomic E-state index is 13.3. The number of nitrogens with zero attached hydrogens (tertiary/aromatic N) is 1.